The molecule has 0 atom stereocenters. The topological polar surface area (TPSA) is 94.0 Å². The second-order valence-electron chi connectivity index (χ2n) is 4.46. The van der Waals surface area contributed by atoms with Gasteiger partial charge in [-0.15, -0.1) is 16.4 Å². The van der Waals surface area contributed by atoms with Crippen molar-refractivity contribution in [3.63, 3.8) is 0 Å². The van der Waals surface area contributed by atoms with Crippen LogP contribution in [0.4, 0.5) is 0 Å². The fourth-order valence-electron chi connectivity index (χ4n) is 1.85. The third-order valence-corrected chi connectivity index (χ3v) is 3.71. The first-order valence-electron chi connectivity index (χ1n) is 6.31. The Balaban J connectivity index is 1.65. The van der Waals surface area contributed by atoms with Crippen LogP contribution in [0, 0.1) is 0 Å². The number of hydrogen-bond acceptors (Lipinski definition) is 6. The molecule has 7 nitrogen and oxygen atoms in total. The first-order valence-corrected chi connectivity index (χ1v) is 7.19. The summed E-state index contributed by atoms with van der Waals surface area (Å²) in [6.07, 6.45) is 2.14. The highest BCUT2D eigenvalue weighted by Crippen LogP contribution is 2.25. The van der Waals surface area contributed by atoms with E-state index in [9.17, 15) is 4.79 Å². The summed E-state index contributed by atoms with van der Waals surface area (Å²) in [5, 5.41) is 22.5. The lowest BCUT2D eigenvalue weighted by molar-refractivity contribution is -0.136. The van der Waals surface area contributed by atoms with Gasteiger partial charge in [0.15, 0.2) is 5.76 Å². The van der Waals surface area contributed by atoms with Gasteiger partial charge in [-0.3, -0.25) is 4.79 Å². The Morgan fingerprint density at radius 2 is 2.33 bits per heavy atom. The van der Waals surface area contributed by atoms with Gasteiger partial charge in [0.25, 0.3) is 0 Å². The zero-order valence-corrected chi connectivity index (χ0v) is 11.8. The van der Waals surface area contributed by atoms with Gasteiger partial charge in [-0.2, -0.15) is 0 Å². The lowest BCUT2D eigenvalue weighted by Crippen LogP contribution is -2.00. The number of carbonyl (C=O) groups is 1. The summed E-state index contributed by atoms with van der Waals surface area (Å²) in [6, 6.07) is 5.78. The molecule has 0 unspecified atom stereocenters. The minimum atomic E-state index is -0.846. The van der Waals surface area contributed by atoms with Crippen LogP contribution < -0.4 is 0 Å². The van der Waals surface area contributed by atoms with Crippen molar-refractivity contribution in [1.29, 1.82) is 0 Å². The summed E-state index contributed by atoms with van der Waals surface area (Å²) in [4.78, 5) is 11.5. The molecule has 0 aliphatic heterocycles. The van der Waals surface area contributed by atoms with Gasteiger partial charge < -0.3 is 9.63 Å². The third-order valence-electron chi connectivity index (χ3n) is 2.83. The molecule has 0 aliphatic rings. The molecule has 3 rings (SSSR count). The van der Waals surface area contributed by atoms with Crippen molar-refractivity contribution in [1.82, 2.24) is 20.2 Å². The van der Waals surface area contributed by atoms with Gasteiger partial charge in [-0.05, 0) is 11.4 Å². The number of rotatable bonds is 6. The monoisotopic (exact) mass is 304 g/mol. The van der Waals surface area contributed by atoms with Crippen molar-refractivity contribution in [2.75, 3.05) is 0 Å². The first kappa shape index (κ1) is 13.5. The second kappa shape index (κ2) is 5.88. The number of aromatic nitrogens is 4. The zero-order valence-electron chi connectivity index (χ0n) is 11.0. The number of carboxylic acids is 1. The van der Waals surface area contributed by atoms with Crippen molar-refractivity contribution in [2.24, 2.45) is 0 Å². The SMILES string of the molecule is O=C(O)CCc1cn(Cc2cc(-c3cccs3)on2)nn1. The maximum atomic E-state index is 10.5. The van der Waals surface area contributed by atoms with Crippen LogP contribution in [-0.2, 0) is 17.8 Å². The summed E-state index contributed by atoms with van der Waals surface area (Å²) < 4.78 is 6.91. The number of carboxylic acid groups (broad SMARTS) is 1. The zero-order chi connectivity index (χ0) is 14.7. The molecular formula is C13H12N4O3S. The van der Waals surface area contributed by atoms with E-state index < -0.39 is 5.97 Å². The molecule has 0 fully saturated rings. The molecule has 0 saturated heterocycles. The Morgan fingerprint density at radius 3 is 3.10 bits per heavy atom. The van der Waals surface area contributed by atoms with Crippen molar-refractivity contribution < 1.29 is 14.4 Å². The Morgan fingerprint density at radius 1 is 1.43 bits per heavy atom. The molecule has 0 radical (unpaired) electrons. The standard InChI is InChI=1S/C13H12N4O3S/c18-13(19)4-3-9-7-17(16-14-9)8-10-6-11(20-15-10)12-2-1-5-21-12/h1-2,5-7H,3-4,8H2,(H,18,19). The van der Waals surface area contributed by atoms with Gasteiger partial charge in [0, 0.05) is 18.7 Å². The first-order chi connectivity index (χ1) is 10.2. The van der Waals surface area contributed by atoms with Crippen LogP contribution in [0.1, 0.15) is 17.8 Å². The molecule has 0 spiro atoms. The summed E-state index contributed by atoms with van der Waals surface area (Å²) in [7, 11) is 0. The minimum absolute atomic E-state index is 0.0468. The minimum Gasteiger partial charge on any atom is -0.481 e. The summed E-state index contributed by atoms with van der Waals surface area (Å²) >= 11 is 1.58. The van der Waals surface area contributed by atoms with Gasteiger partial charge in [0.05, 0.1) is 23.5 Å². The lowest BCUT2D eigenvalue weighted by Gasteiger charge is -1.93. The largest absolute Gasteiger partial charge is 0.481 e. The van der Waals surface area contributed by atoms with E-state index in [4.69, 9.17) is 9.63 Å². The van der Waals surface area contributed by atoms with Crippen LogP contribution in [-0.4, -0.2) is 31.2 Å². The van der Waals surface area contributed by atoms with E-state index in [1.54, 1.807) is 22.2 Å². The molecule has 0 amide bonds. The van der Waals surface area contributed by atoms with Crippen LogP contribution in [0.3, 0.4) is 0 Å². The molecular weight excluding hydrogens is 292 g/mol. The van der Waals surface area contributed by atoms with Crippen LogP contribution >= 0.6 is 11.3 Å². The maximum Gasteiger partial charge on any atom is 0.303 e. The highest BCUT2D eigenvalue weighted by molar-refractivity contribution is 7.13. The quantitative estimate of drug-likeness (QED) is 0.749. The molecule has 0 aliphatic carbocycles. The van der Waals surface area contributed by atoms with Crippen molar-refractivity contribution >= 4 is 17.3 Å². The van der Waals surface area contributed by atoms with E-state index in [1.165, 1.54) is 0 Å². The van der Waals surface area contributed by atoms with Crippen molar-refractivity contribution in [2.45, 2.75) is 19.4 Å². The lowest BCUT2D eigenvalue weighted by atomic mass is 10.2. The number of aryl methyl sites for hydroxylation is 1. The van der Waals surface area contributed by atoms with Gasteiger partial charge in [-0.25, -0.2) is 4.68 Å². The molecule has 3 aromatic rings. The van der Waals surface area contributed by atoms with Crippen LogP contribution in [0.15, 0.2) is 34.3 Å². The Hall–Kier alpha value is -2.48. The molecule has 3 heterocycles. The fourth-order valence-corrected chi connectivity index (χ4v) is 2.53. The summed E-state index contributed by atoms with van der Waals surface area (Å²) in [5.74, 6) is -0.118. The average molecular weight is 304 g/mol. The van der Waals surface area contributed by atoms with Crippen molar-refractivity contribution in [3.8, 4) is 10.6 Å². The molecule has 108 valence electrons. The van der Waals surface area contributed by atoms with Gasteiger partial charge in [-0.1, -0.05) is 16.4 Å². The van der Waals surface area contributed by atoms with Crippen LogP contribution in [0.2, 0.25) is 0 Å². The Kier molecular flexibility index (Phi) is 3.78. The predicted octanol–water partition coefficient (Wildman–Crippen LogP) is 2.06. The summed E-state index contributed by atoms with van der Waals surface area (Å²) in [5.41, 5.74) is 1.40. The van der Waals surface area contributed by atoms with E-state index in [0.29, 0.717) is 18.7 Å². The molecule has 1 N–H and O–H groups in total. The predicted molar refractivity (Wildman–Crippen MR) is 74.9 cm³/mol. The third kappa shape index (κ3) is 3.34. The fraction of sp³-hybridized carbons (Fsp3) is 0.231. The van der Waals surface area contributed by atoms with E-state index >= 15 is 0 Å². The normalized spacial score (nSPS) is 10.9. The second-order valence-corrected chi connectivity index (χ2v) is 5.41. The summed E-state index contributed by atoms with van der Waals surface area (Å²) in [6.45, 7) is 0.439. The van der Waals surface area contributed by atoms with E-state index in [1.807, 2.05) is 23.6 Å². The molecule has 0 saturated carbocycles. The van der Waals surface area contributed by atoms with E-state index in [0.717, 1.165) is 16.3 Å². The number of thiophene rings is 1. The Labute approximate surface area is 123 Å². The van der Waals surface area contributed by atoms with Crippen LogP contribution in [0.5, 0.6) is 0 Å². The molecule has 21 heavy (non-hydrogen) atoms. The van der Waals surface area contributed by atoms with Gasteiger partial charge in [0.1, 0.15) is 5.69 Å². The molecule has 8 heteroatoms. The number of nitrogens with zero attached hydrogens (tertiary/aromatic N) is 4. The average Bonchev–Trinajstić information content (AvgIpc) is 3.18. The smallest absolute Gasteiger partial charge is 0.303 e. The highest BCUT2D eigenvalue weighted by atomic mass is 32.1. The van der Waals surface area contributed by atoms with Gasteiger partial charge in [0.2, 0.25) is 0 Å². The van der Waals surface area contributed by atoms with Crippen LogP contribution in [0.25, 0.3) is 10.6 Å². The highest BCUT2D eigenvalue weighted by Gasteiger charge is 2.09. The van der Waals surface area contributed by atoms with Crippen molar-refractivity contribution in [3.05, 3.63) is 41.2 Å². The van der Waals surface area contributed by atoms with E-state index in [-0.39, 0.29) is 6.42 Å². The number of aliphatic carboxylic acids is 1. The number of hydrogen-bond donors (Lipinski definition) is 1. The van der Waals surface area contributed by atoms with Gasteiger partial charge >= 0.3 is 5.97 Å². The molecule has 0 bridgehead atoms. The van der Waals surface area contributed by atoms with E-state index in [2.05, 4.69) is 15.5 Å². The Bertz CT molecular complexity index is 732. The maximum absolute atomic E-state index is 10.5. The molecule has 3 aromatic heterocycles. The molecule has 0 aromatic carbocycles.